The van der Waals surface area contributed by atoms with E-state index in [1.807, 2.05) is 6.92 Å². The molecule has 0 aromatic heterocycles. The number of hydrogen-bond donors (Lipinski definition) is 1. The summed E-state index contributed by atoms with van der Waals surface area (Å²) in [4.78, 5) is 0. The van der Waals surface area contributed by atoms with Crippen molar-refractivity contribution in [3.05, 3.63) is 11.6 Å². The van der Waals surface area contributed by atoms with Gasteiger partial charge in [-0.2, -0.15) is 0 Å². The molecule has 2 aliphatic carbocycles. The van der Waals surface area contributed by atoms with E-state index in [1.54, 1.807) is 5.57 Å². The molecule has 0 heterocycles. The van der Waals surface area contributed by atoms with E-state index in [0.717, 1.165) is 24.7 Å². The highest BCUT2D eigenvalue weighted by molar-refractivity contribution is 5.19. The summed E-state index contributed by atoms with van der Waals surface area (Å²) < 4.78 is 0. The lowest BCUT2D eigenvalue weighted by Crippen LogP contribution is -2.36. The summed E-state index contributed by atoms with van der Waals surface area (Å²) in [5.41, 5.74) is 1.56. The second-order valence-corrected chi connectivity index (χ2v) is 6.79. The van der Waals surface area contributed by atoms with Crippen molar-refractivity contribution in [3.63, 3.8) is 0 Å². The summed E-state index contributed by atoms with van der Waals surface area (Å²) in [5, 5.41) is 10.0. The second-order valence-electron chi connectivity index (χ2n) is 6.79. The normalized spacial score (nSPS) is 43.2. The summed E-state index contributed by atoms with van der Waals surface area (Å²) in [6.45, 7) is 9.05. The molecular weight excluding hydrogens is 196 g/mol. The van der Waals surface area contributed by atoms with Gasteiger partial charge in [0.2, 0.25) is 0 Å². The van der Waals surface area contributed by atoms with Crippen LogP contribution in [0, 0.1) is 17.3 Å². The van der Waals surface area contributed by atoms with E-state index in [9.17, 15) is 5.11 Å². The molecule has 1 nitrogen and oxygen atoms in total. The molecule has 1 heteroatoms. The Balaban J connectivity index is 2.01. The van der Waals surface area contributed by atoms with E-state index in [2.05, 4.69) is 26.8 Å². The monoisotopic (exact) mass is 222 g/mol. The zero-order chi connectivity index (χ0) is 12.0. The topological polar surface area (TPSA) is 20.2 Å². The third kappa shape index (κ3) is 2.07. The molecular formula is C15H26O. The van der Waals surface area contributed by atoms with Crippen LogP contribution in [0.25, 0.3) is 0 Å². The van der Waals surface area contributed by atoms with Gasteiger partial charge in [0.25, 0.3) is 0 Å². The van der Waals surface area contributed by atoms with Crippen LogP contribution < -0.4 is 0 Å². The molecule has 0 aliphatic heterocycles. The molecule has 0 aromatic carbocycles. The predicted octanol–water partition coefficient (Wildman–Crippen LogP) is 3.92. The fourth-order valence-electron chi connectivity index (χ4n) is 3.60. The van der Waals surface area contributed by atoms with Crippen molar-refractivity contribution in [2.75, 3.05) is 0 Å². The van der Waals surface area contributed by atoms with Crippen LogP contribution in [0.2, 0.25) is 0 Å². The maximum Gasteiger partial charge on any atom is 0.0620 e. The Morgan fingerprint density at radius 3 is 2.19 bits per heavy atom. The SMILES string of the molecule is CC1=CCC(C2CCC(C)(O)CC2)C1(C)C. The van der Waals surface area contributed by atoms with Crippen molar-refractivity contribution >= 4 is 0 Å². The van der Waals surface area contributed by atoms with Crippen LogP contribution in [0.4, 0.5) is 0 Å². The molecule has 1 fully saturated rings. The standard InChI is InChI=1S/C15H26O/c1-11-5-6-13(14(11,2)3)12-7-9-15(4,16)10-8-12/h5,12-13,16H,6-10H2,1-4H3. The van der Waals surface area contributed by atoms with Gasteiger partial charge in [-0.3, -0.25) is 0 Å². The molecule has 0 spiro atoms. The Hall–Kier alpha value is -0.300. The maximum atomic E-state index is 10.0. The zero-order valence-corrected chi connectivity index (χ0v) is 11.2. The van der Waals surface area contributed by atoms with Crippen molar-refractivity contribution in [1.29, 1.82) is 0 Å². The zero-order valence-electron chi connectivity index (χ0n) is 11.2. The molecule has 1 N–H and O–H groups in total. The first-order valence-corrected chi connectivity index (χ1v) is 6.72. The van der Waals surface area contributed by atoms with Gasteiger partial charge in [0.1, 0.15) is 0 Å². The molecule has 1 saturated carbocycles. The number of allylic oxidation sites excluding steroid dienone is 2. The van der Waals surface area contributed by atoms with Gasteiger partial charge in [-0.05, 0) is 63.2 Å². The van der Waals surface area contributed by atoms with Crippen LogP contribution in [0.5, 0.6) is 0 Å². The molecule has 92 valence electrons. The molecule has 0 aromatic rings. The lowest BCUT2D eigenvalue weighted by Gasteiger charge is -2.41. The lowest BCUT2D eigenvalue weighted by molar-refractivity contribution is -0.00885. The first-order valence-electron chi connectivity index (χ1n) is 6.72. The Morgan fingerprint density at radius 2 is 1.75 bits per heavy atom. The van der Waals surface area contributed by atoms with Gasteiger partial charge in [-0.25, -0.2) is 0 Å². The van der Waals surface area contributed by atoms with Gasteiger partial charge in [-0.15, -0.1) is 0 Å². The fourth-order valence-corrected chi connectivity index (χ4v) is 3.60. The minimum absolute atomic E-state index is 0.383. The van der Waals surface area contributed by atoms with Crippen LogP contribution in [0.3, 0.4) is 0 Å². The van der Waals surface area contributed by atoms with E-state index in [1.165, 1.54) is 19.3 Å². The Bertz CT molecular complexity index is 289. The maximum absolute atomic E-state index is 10.0. The molecule has 1 atom stereocenters. The highest BCUT2D eigenvalue weighted by atomic mass is 16.3. The van der Waals surface area contributed by atoms with Gasteiger partial charge in [0, 0.05) is 0 Å². The van der Waals surface area contributed by atoms with Gasteiger partial charge in [0.05, 0.1) is 5.60 Å². The number of hydrogen-bond acceptors (Lipinski definition) is 1. The molecule has 16 heavy (non-hydrogen) atoms. The average Bonchev–Trinajstić information content (AvgIpc) is 2.43. The van der Waals surface area contributed by atoms with Gasteiger partial charge in [0.15, 0.2) is 0 Å². The quantitative estimate of drug-likeness (QED) is 0.667. The van der Waals surface area contributed by atoms with Crippen LogP contribution in [-0.4, -0.2) is 10.7 Å². The van der Waals surface area contributed by atoms with Crippen LogP contribution in [-0.2, 0) is 0 Å². The minimum atomic E-state index is -0.387. The van der Waals surface area contributed by atoms with Gasteiger partial charge >= 0.3 is 0 Å². The fraction of sp³-hybridized carbons (Fsp3) is 0.867. The molecule has 2 rings (SSSR count). The van der Waals surface area contributed by atoms with Crippen LogP contribution in [0.1, 0.15) is 59.8 Å². The van der Waals surface area contributed by atoms with E-state index in [4.69, 9.17) is 0 Å². The Kier molecular flexibility index (Phi) is 2.94. The summed E-state index contributed by atoms with van der Waals surface area (Å²) in [5.74, 6) is 1.63. The molecule has 2 aliphatic rings. The first-order chi connectivity index (χ1) is 7.33. The molecule has 0 saturated heterocycles. The molecule has 0 radical (unpaired) electrons. The summed E-state index contributed by atoms with van der Waals surface area (Å²) >= 11 is 0. The average molecular weight is 222 g/mol. The lowest BCUT2D eigenvalue weighted by atomic mass is 9.65. The second kappa shape index (κ2) is 3.87. The van der Waals surface area contributed by atoms with E-state index in [0.29, 0.717) is 5.41 Å². The minimum Gasteiger partial charge on any atom is -0.390 e. The third-order valence-electron chi connectivity index (χ3n) is 5.30. The smallest absolute Gasteiger partial charge is 0.0620 e. The highest BCUT2D eigenvalue weighted by Crippen LogP contribution is 2.51. The number of aliphatic hydroxyl groups is 1. The van der Waals surface area contributed by atoms with Crippen LogP contribution in [0.15, 0.2) is 11.6 Å². The van der Waals surface area contributed by atoms with E-state index >= 15 is 0 Å². The molecule has 0 bridgehead atoms. The van der Waals surface area contributed by atoms with Crippen molar-refractivity contribution in [2.45, 2.75) is 65.4 Å². The van der Waals surface area contributed by atoms with Crippen LogP contribution >= 0.6 is 0 Å². The summed E-state index contributed by atoms with van der Waals surface area (Å²) in [6, 6.07) is 0. The summed E-state index contributed by atoms with van der Waals surface area (Å²) in [7, 11) is 0. The van der Waals surface area contributed by atoms with E-state index in [-0.39, 0.29) is 5.60 Å². The largest absolute Gasteiger partial charge is 0.390 e. The number of rotatable bonds is 1. The molecule has 0 amide bonds. The van der Waals surface area contributed by atoms with E-state index < -0.39 is 0 Å². The van der Waals surface area contributed by atoms with Crippen molar-refractivity contribution in [2.24, 2.45) is 17.3 Å². The van der Waals surface area contributed by atoms with Crippen molar-refractivity contribution < 1.29 is 5.11 Å². The van der Waals surface area contributed by atoms with Crippen molar-refractivity contribution in [1.82, 2.24) is 0 Å². The first kappa shape index (κ1) is 12.2. The Morgan fingerprint density at radius 1 is 1.19 bits per heavy atom. The van der Waals surface area contributed by atoms with Gasteiger partial charge < -0.3 is 5.11 Å². The Labute approximate surface area is 99.9 Å². The predicted molar refractivity (Wildman–Crippen MR) is 68.2 cm³/mol. The van der Waals surface area contributed by atoms with Gasteiger partial charge in [-0.1, -0.05) is 25.5 Å². The highest BCUT2D eigenvalue weighted by Gasteiger charge is 2.42. The van der Waals surface area contributed by atoms with Crippen molar-refractivity contribution in [3.8, 4) is 0 Å². The summed E-state index contributed by atoms with van der Waals surface area (Å²) in [6.07, 6.45) is 8.08. The third-order valence-corrected chi connectivity index (χ3v) is 5.30. The molecule has 1 unspecified atom stereocenters.